The normalized spacial score (nSPS) is 13.2. The highest BCUT2D eigenvalue weighted by Crippen LogP contribution is 2.31. The Morgan fingerprint density at radius 2 is 2.12 bits per heavy atom. The van der Waals surface area contributed by atoms with Crippen molar-refractivity contribution < 1.29 is 4.42 Å². The molecule has 0 fully saturated rings. The number of furan rings is 1. The van der Waals surface area contributed by atoms with E-state index in [1.165, 1.54) is 5.56 Å². The summed E-state index contributed by atoms with van der Waals surface area (Å²) in [5, 5.41) is 1.12. The lowest BCUT2D eigenvalue weighted by molar-refractivity contribution is 0.474. The van der Waals surface area contributed by atoms with E-state index in [9.17, 15) is 0 Å². The van der Waals surface area contributed by atoms with Gasteiger partial charge in [0.1, 0.15) is 11.3 Å². The number of hydrogen-bond donors (Lipinski definition) is 1. The molecule has 86 valence electrons. The van der Waals surface area contributed by atoms with E-state index in [0.717, 1.165) is 34.0 Å². The van der Waals surface area contributed by atoms with E-state index < -0.39 is 0 Å². The lowest BCUT2D eigenvalue weighted by atomic mass is 10.1. The fraction of sp³-hybridized carbons (Fsp3) is 0.385. The topological polar surface area (TPSA) is 39.2 Å². The lowest BCUT2D eigenvalue weighted by Gasteiger charge is -2.05. The maximum absolute atomic E-state index is 6.05. The Morgan fingerprint density at radius 3 is 2.81 bits per heavy atom. The Kier molecular flexibility index (Phi) is 3.36. The molecule has 2 rings (SSSR count). The molecule has 0 aliphatic heterocycles. The Labute approximate surface area is 104 Å². The zero-order valence-electron chi connectivity index (χ0n) is 9.59. The minimum absolute atomic E-state index is 0.00426. The first-order valence-electron chi connectivity index (χ1n) is 5.57. The van der Waals surface area contributed by atoms with E-state index in [1.807, 2.05) is 6.07 Å². The smallest absolute Gasteiger partial charge is 0.148 e. The molecule has 1 heterocycles. The molecular formula is C13H16BrNO. The monoisotopic (exact) mass is 281 g/mol. The average molecular weight is 282 g/mol. The molecule has 0 saturated carbocycles. The van der Waals surface area contributed by atoms with E-state index in [4.69, 9.17) is 10.2 Å². The molecule has 1 aromatic carbocycles. The molecule has 2 N–H and O–H groups in total. The van der Waals surface area contributed by atoms with Crippen molar-refractivity contribution in [3.05, 3.63) is 34.0 Å². The number of aryl methyl sites for hydroxylation is 1. The summed E-state index contributed by atoms with van der Waals surface area (Å²) in [6, 6.07) is 6.23. The van der Waals surface area contributed by atoms with Crippen LogP contribution in [0.5, 0.6) is 0 Å². The maximum Gasteiger partial charge on any atom is 0.148 e. The van der Waals surface area contributed by atoms with E-state index in [1.54, 1.807) is 0 Å². The van der Waals surface area contributed by atoms with Crippen LogP contribution < -0.4 is 5.73 Å². The summed E-state index contributed by atoms with van der Waals surface area (Å²) in [6.45, 7) is 4.20. The minimum Gasteiger partial charge on any atom is -0.458 e. The molecule has 0 spiro atoms. The number of nitrogens with two attached hydrogens (primary N) is 1. The van der Waals surface area contributed by atoms with Crippen molar-refractivity contribution in [1.29, 1.82) is 0 Å². The molecule has 1 aromatic heterocycles. The van der Waals surface area contributed by atoms with Crippen molar-refractivity contribution in [3.63, 3.8) is 0 Å². The third kappa shape index (κ3) is 2.15. The lowest BCUT2D eigenvalue weighted by Crippen LogP contribution is -2.08. The van der Waals surface area contributed by atoms with E-state index in [2.05, 4.69) is 41.9 Å². The van der Waals surface area contributed by atoms with Crippen molar-refractivity contribution in [2.75, 3.05) is 0 Å². The summed E-state index contributed by atoms with van der Waals surface area (Å²) in [4.78, 5) is 0. The fourth-order valence-corrected chi connectivity index (χ4v) is 2.58. The molecule has 0 saturated heterocycles. The van der Waals surface area contributed by atoms with Gasteiger partial charge in [0.15, 0.2) is 0 Å². The molecule has 0 amide bonds. The minimum atomic E-state index is 0.00426. The molecule has 0 bridgehead atoms. The Bertz CT molecular complexity index is 504. The van der Waals surface area contributed by atoms with Crippen LogP contribution in [0.25, 0.3) is 11.0 Å². The fourth-order valence-electron chi connectivity index (χ4n) is 1.91. The van der Waals surface area contributed by atoms with Gasteiger partial charge < -0.3 is 10.2 Å². The number of halogens is 1. The van der Waals surface area contributed by atoms with Gasteiger partial charge in [-0.2, -0.15) is 0 Å². The van der Waals surface area contributed by atoms with E-state index in [-0.39, 0.29) is 6.04 Å². The summed E-state index contributed by atoms with van der Waals surface area (Å²) in [7, 11) is 0. The highest BCUT2D eigenvalue weighted by atomic mass is 79.9. The van der Waals surface area contributed by atoms with Crippen LogP contribution in [0.2, 0.25) is 0 Å². The van der Waals surface area contributed by atoms with Crippen LogP contribution in [-0.4, -0.2) is 0 Å². The molecule has 0 aliphatic rings. The van der Waals surface area contributed by atoms with Gasteiger partial charge in [-0.1, -0.05) is 13.3 Å². The Balaban J connectivity index is 2.47. The molecule has 3 heteroatoms. The van der Waals surface area contributed by atoms with E-state index >= 15 is 0 Å². The summed E-state index contributed by atoms with van der Waals surface area (Å²) in [5.74, 6) is 0.878. The van der Waals surface area contributed by atoms with Crippen molar-refractivity contribution in [2.45, 2.75) is 32.7 Å². The van der Waals surface area contributed by atoms with Crippen LogP contribution in [0.1, 0.15) is 37.1 Å². The molecule has 2 aromatic rings. The highest BCUT2D eigenvalue weighted by Gasteiger charge is 2.13. The second-order valence-corrected chi connectivity index (χ2v) is 5.06. The second-order valence-electron chi connectivity index (χ2n) is 4.21. The first kappa shape index (κ1) is 11.7. The highest BCUT2D eigenvalue weighted by molar-refractivity contribution is 9.10. The third-order valence-electron chi connectivity index (χ3n) is 2.70. The van der Waals surface area contributed by atoms with Gasteiger partial charge in [0.25, 0.3) is 0 Å². The quantitative estimate of drug-likeness (QED) is 0.911. The zero-order chi connectivity index (χ0) is 11.7. The number of rotatable bonds is 3. The standard InChI is InChI=1S/C13H16BrNO/c1-3-4-11(15)12-7-9-5-8(2)6-10(14)13(9)16-12/h5-7,11H,3-4,15H2,1-2H3. The molecule has 1 atom stereocenters. The summed E-state index contributed by atoms with van der Waals surface area (Å²) in [5.41, 5.74) is 8.16. The molecule has 0 radical (unpaired) electrons. The number of hydrogen-bond acceptors (Lipinski definition) is 2. The predicted octanol–water partition coefficient (Wildman–Crippen LogP) is 4.30. The van der Waals surface area contributed by atoms with Crippen molar-refractivity contribution >= 4 is 26.9 Å². The van der Waals surface area contributed by atoms with E-state index in [0.29, 0.717) is 0 Å². The number of benzene rings is 1. The SMILES string of the molecule is CCCC(N)c1cc2cc(C)cc(Br)c2o1. The van der Waals surface area contributed by atoms with Crippen LogP contribution in [0.3, 0.4) is 0 Å². The van der Waals surface area contributed by atoms with Gasteiger partial charge in [0.05, 0.1) is 10.5 Å². The summed E-state index contributed by atoms with van der Waals surface area (Å²) in [6.07, 6.45) is 2.02. The summed E-state index contributed by atoms with van der Waals surface area (Å²) >= 11 is 3.51. The van der Waals surface area contributed by atoms with Crippen LogP contribution >= 0.6 is 15.9 Å². The van der Waals surface area contributed by atoms with Gasteiger partial charge in [-0.15, -0.1) is 0 Å². The Morgan fingerprint density at radius 1 is 1.38 bits per heavy atom. The second kappa shape index (κ2) is 4.60. The van der Waals surface area contributed by atoms with Gasteiger partial charge in [0, 0.05) is 5.39 Å². The van der Waals surface area contributed by atoms with Crippen molar-refractivity contribution in [2.24, 2.45) is 5.73 Å². The van der Waals surface area contributed by atoms with Gasteiger partial charge >= 0.3 is 0 Å². The van der Waals surface area contributed by atoms with Crippen molar-refractivity contribution in [3.8, 4) is 0 Å². The predicted molar refractivity (Wildman–Crippen MR) is 70.5 cm³/mol. The molecule has 0 aliphatic carbocycles. The van der Waals surface area contributed by atoms with Gasteiger partial charge in [-0.3, -0.25) is 0 Å². The van der Waals surface area contributed by atoms with Gasteiger partial charge in [-0.05, 0) is 53.0 Å². The Hall–Kier alpha value is -0.800. The maximum atomic E-state index is 6.05. The first-order valence-corrected chi connectivity index (χ1v) is 6.36. The number of fused-ring (bicyclic) bond motifs is 1. The molecule has 2 nitrogen and oxygen atoms in total. The zero-order valence-corrected chi connectivity index (χ0v) is 11.2. The molecular weight excluding hydrogens is 266 g/mol. The van der Waals surface area contributed by atoms with Gasteiger partial charge in [-0.25, -0.2) is 0 Å². The van der Waals surface area contributed by atoms with Crippen LogP contribution in [-0.2, 0) is 0 Å². The molecule has 16 heavy (non-hydrogen) atoms. The first-order chi connectivity index (χ1) is 7.61. The van der Waals surface area contributed by atoms with Crippen molar-refractivity contribution in [1.82, 2.24) is 0 Å². The summed E-state index contributed by atoms with van der Waals surface area (Å²) < 4.78 is 6.79. The van der Waals surface area contributed by atoms with Crippen LogP contribution in [0.4, 0.5) is 0 Å². The molecule has 1 unspecified atom stereocenters. The van der Waals surface area contributed by atoms with Gasteiger partial charge in [0.2, 0.25) is 0 Å². The van der Waals surface area contributed by atoms with Crippen LogP contribution in [0.15, 0.2) is 27.1 Å². The average Bonchev–Trinajstić information content (AvgIpc) is 2.62. The largest absolute Gasteiger partial charge is 0.458 e. The van der Waals surface area contributed by atoms with Crippen LogP contribution in [0, 0.1) is 6.92 Å². The third-order valence-corrected chi connectivity index (χ3v) is 3.29.